The van der Waals surface area contributed by atoms with Crippen LogP contribution in [-0.4, -0.2) is 27.2 Å². The first kappa shape index (κ1) is 19.8. The predicted molar refractivity (Wildman–Crippen MR) is 111 cm³/mol. The number of rotatable bonds is 6. The second kappa shape index (κ2) is 9.26. The quantitative estimate of drug-likeness (QED) is 0.420. The number of esters is 1. The Morgan fingerprint density at radius 2 is 1.69 bits per heavy atom. The molecule has 0 heterocycles. The van der Waals surface area contributed by atoms with Gasteiger partial charge in [0.2, 0.25) is 0 Å². The van der Waals surface area contributed by atoms with Gasteiger partial charge in [0.25, 0.3) is 0 Å². The van der Waals surface area contributed by atoms with E-state index in [2.05, 4.69) is 48.1 Å². The third-order valence-electron chi connectivity index (χ3n) is 3.69. The molecule has 0 N–H and O–H groups in total. The van der Waals surface area contributed by atoms with Gasteiger partial charge in [-0.1, -0.05) is 68.0 Å². The summed E-state index contributed by atoms with van der Waals surface area (Å²) in [5.74, 6) is 3.04. The minimum atomic E-state index is -1.44. The maximum atomic E-state index is 12.4. The molecule has 4 heteroatoms. The van der Waals surface area contributed by atoms with Gasteiger partial charge in [-0.3, -0.25) is 0 Å². The van der Waals surface area contributed by atoms with Crippen molar-refractivity contribution in [1.29, 1.82) is 0 Å². The van der Waals surface area contributed by atoms with E-state index >= 15 is 0 Å². The largest absolute Gasteiger partial charge is 0.462 e. The van der Waals surface area contributed by atoms with Crippen LogP contribution in [0.2, 0.25) is 19.6 Å². The van der Waals surface area contributed by atoms with Crippen LogP contribution in [0.4, 0.5) is 5.69 Å². The molecule has 0 aliphatic carbocycles. The minimum absolute atomic E-state index is 0.292. The molecule has 0 spiro atoms. The SMILES string of the molecule is CCOC(=O)c1ccccc1N(CC#C[Si](C)(C)C)Cc1ccccc1. The summed E-state index contributed by atoms with van der Waals surface area (Å²) in [5, 5.41) is 0. The van der Waals surface area contributed by atoms with E-state index in [0.29, 0.717) is 25.3 Å². The van der Waals surface area contributed by atoms with E-state index in [1.165, 1.54) is 5.56 Å². The monoisotopic (exact) mass is 365 g/mol. The van der Waals surface area contributed by atoms with Crippen LogP contribution in [0.1, 0.15) is 22.8 Å². The number of benzene rings is 2. The highest BCUT2D eigenvalue weighted by Gasteiger charge is 2.17. The van der Waals surface area contributed by atoms with Crippen molar-refractivity contribution >= 4 is 19.7 Å². The van der Waals surface area contributed by atoms with Crippen molar-refractivity contribution in [2.24, 2.45) is 0 Å². The molecule has 0 amide bonds. The van der Waals surface area contributed by atoms with Gasteiger partial charge in [-0.25, -0.2) is 4.79 Å². The van der Waals surface area contributed by atoms with Crippen molar-refractivity contribution in [3.63, 3.8) is 0 Å². The molecule has 0 atom stereocenters. The first-order chi connectivity index (χ1) is 12.4. The lowest BCUT2D eigenvalue weighted by Gasteiger charge is -2.25. The number of carbonyl (C=O) groups excluding carboxylic acids is 1. The predicted octanol–water partition coefficient (Wildman–Crippen LogP) is 4.75. The zero-order valence-electron chi connectivity index (χ0n) is 16.1. The van der Waals surface area contributed by atoms with Crippen LogP contribution >= 0.6 is 0 Å². The zero-order chi connectivity index (χ0) is 19.0. The molecule has 0 fully saturated rings. The molecular formula is C22H27NO2Si. The van der Waals surface area contributed by atoms with Gasteiger partial charge in [0.15, 0.2) is 0 Å². The first-order valence-corrected chi connectivity index (χ1v) is 12.5. The normalized spacial score (nSPS) is 10.6. The molecule has 0 saturated carbocycles. The number of carbonyl (C=O) groups is 1. The second-order valence-electron chi connectivity index (χ2n) is 7.13. The van der Waals surface area contributed by atoms with Crippen LogP contribution in [-0.2, 0) is 11.3 Å². The number of ether oxygens (including phenoxy) is 1. The number of hydrogen-bond donors (Lipinski definition) is 0. The second-order valence-corrected chi connectivity index (χ2v) is 11.9. The molecule has 0 aliphatic rings. The van der Waals surface area contributed by atoms with Crippen molar-refractivity contribution in [2.75, 3.05) is 18.1 Å². The smallest absolute Gasteiger partial charge is 0.340 e. The van der Waals surface area contributed by atoms with Gasteiger partial charge in [-0.15, -0.1) is 5.54 Å². The molecule has 3 nitrogen and oxygen atoms in total. The summed E-state index contributed by atoms with van der Waals surface area (Å²) in [5.41, 5.74) is 6.04. The summed E-state index contributed by atoms with van der Waals surface area (Å²) in [6, 6.07) is 17.8. The lowest BCUT2D eigenvalue weighted by Crippen LogP contribution is -2.26. The first-order valence-electron chi connectivity index (χ1n) is 8.96. The standard InChI is InChI=1S/C22H27NO2Si/c1-5-25-22(24)20-14-9-10-15-21(20)23(16-11-17-26(2,3)4)18-19-12-7-6-8-13-19/h6-10,12-15H,5,16,18H2,1-4H3. The van der Waals surface area contributed by atoms with E-state index in [0.717, 1.165) is 5.69 Å². The van der Waals surface area contributed by atoms with Gasteiger partial charge in [-0.05, 0) is 24.6 Å². The van der Waals surface area contributed by atoms with Crippen molar-refractivity contribution in [1.82, 2.24) is 0 Å². The average molecular weight is 366 g/mol. The van der Waals surface area contributed by atoms with Crippen LogP contribution in [0.25, 0.3) is 0 Å². The molecule has 26 heavy (non-hydrogen) atoms. The van der Waals surface area contributed by atoms with Gasteiger partial charge in [0.1, 0.15) is 8.07 Å². The molecule has 136 valence electrons. The van der Waals surface area contributed by atoms with Gasteiger partial charge < -0.3 is 9.64 Å². The highest BCUT2D eigenvalue weighted by atomic mass is 28.3. The molecule has 0 saturated heterocycles. The maximum Gasteiger partial charge on any atom is 0.340 e. The summed E-state index contributed by atoms with van der Waals surface area (Å²) in [4.78, 5) is 14.5. The summed E-state index contributed by atoms with van der Waals surface area (Å²) in [7, 11) is -1.44. The summed E-state index contributed by atoms with van der Waals surface area (Å²) < 4.78 is 5.23. The molecular weight excluding hydrogens is 338 g/mol. The van der Waals surface area contributed by atoms with Crippen LogP contribution in [0.5, 0.6) is 0 Å². The fourth-order valence-corrected chi connectivity index (χ4v) is 3.17. The number of nitrogens with zero attached hydrogens (tertiary/aromatic N) is 1. The Bertz CT molecular complexity index is 785. The van der Waals surface area contributed by atoms with Crippen molar-refractivity contribution in [3.8, 4) is 11.5 Å². The average Bonchev–Trinajstić information content (AvgIpc) is 2.61. The topological polar surface area (TPSA) is 29.5 Å². The summed E-state index contributed by atoms with van der Waals surface area (Å²) in [6.07, 6.45) is 0. The van der Waals surface area contributed by atoms with Crippen molar-refractivity contribution in [3.05, 3.63) is 65.7 Å². The van der Waals surface area contributed by atoms with Gasteiger partial charge >= 0.3 is 5.97 Å². The Morgan fingerprint density at radius 3 is 2.35 bits per heavy atom. The number of anilines is 1. The van der Waals surface area contributed by atoms with Gasteiger partial charge in [0, 0.05) is 6.54 Å². The lowest BCUT2D eigenvalue weighted by atomic mass is 10.1. The summed E-state index contributed by atoms with van der Waals surface area (Å²) >= 11 is 0. The summed E-state index contributed by atoms with van der Waals surface area (Å²) in [6.45, 7) is 10.1. The molecule has 0 aliphatic heterocycles. The van der Waals surface area contributed by atoms with Crippen LogP contribution in [0.3, 0.4) is 0 Å². The minimum Gasteiger partial charge on any atom is -0.462 e. The third-order valence-corrected chi connectivity index (χ3v) is 4.62. The van der Waals surface area contributed by atoms with Gasteiger partial charge in [-0.2, -0.15) is 0 Å². The van der Waals surface area contributed by atoms with E-state index in [1.807, 2.05) is 49.4 Å². The van der Waals surface area contributed by atoms with E-state index in [4.69, 9.17) is 4.74 Å². The maximum absolute atomic E-state index is 12.4. The molecule has 2 aromatic carbocycles. The van der Waals surface area contributed by atoms with Crippen LogP contribution in [0, 0.1) is 11.5 Å². The Labute approximate surface area is 158 Å². The number of para-hydroxylation sites is 1. The lowest BCUT2D eigenvalue weighted by molar-refractivity contribution is 0.0527. The van der Waals surface area contributed by atoms with Crippen molar-refractivity contribution in [2.45, 2.75) is 33.1 Å². The Hall–Kier alpha value is -2.51. The molecule has 0 bridgehead atoms. The van der Waals surface area contributed by atoms with Crippen LogP contribution in [0.15, 0.2) is 54.6 Å². The van der Waals surface area contributed by atoms with Gasteiger partial charge in [0.05, 0.1) is 24.4 Å². The molecule has 0 radical (unpaired) electrons. The Kier molecular flexibility index (Phi) is 7.05. The number of hydrogen-bond acceptors (Lipinski definition) is 3. The fraction of sp³-hybridized carbons (Fsp3) is 0.318. The van der Waals surface area contributed by atoms with E-state index in [1.54, 1.807) is 0 Å². The molecule has 2 rings (SSSR count). The Morgan fingerprint density at radius 1 is 1.04 bits per heavy atom. The highest BCUT2D eigenvalue weighted by Crippen LogP contribution is 2.23. The zero-order valence-corrected chi connectivity index (χ0v) is 17.1. The molecule has 0 unspecified atom stereocenters. The Balaban J connectivity index is 2.36. The third kappa shape index (κ3) is 6.09. The fourth-order valence-electron chi connectivity index (χ4n) is 2.56. The van der Waals surface area contributed by atoms with Crippen molar-refractivity contribution < 1.29 is 9.53 Å². The molecule has 2 aromatic rings. The van der Waals surface area contributed by atoms with E-state index in [9.17, 15) is 4.79 Å². The van der Waals surface area contributed by atoms with E-state index in [-0.39, 0.29) is 5.97 Å². The van der Waals surface area contributed by atoms with Crippen LogP contribution < -0.4 is 4.90 Å². The molecule has 0 aromatic heterocycles. The highest BCUT2D eigenvalue weighted by molar-refractivity contribution is 6.83. The van der Waals surface area contributed by atoms with E-state index < -0.39 is 8.07 Å².